The molecule has 0 aliphatic heterocycles. The van der Waals surface area contributed by atoms with Crippen molar-refractivity contribution in [3.63, 3.8) is 0 Å². The number of hydrogen-bond donors (Lipinski definition) is 0. The molecule has 4 heteroatoms. The summed E-state index contributed by atoms with van der Waals surface area (Å²) in [7, 11) is 0. The summed E-state index contributed by atoms with van der Waals surface area (Å²) < 4.78 is 6.61. The molecule has 5 unspecified atom stereocenters. The molecule has 0 heterocycles. The summed E-state index contributed by atoms with van der Waals surface area (Å²) in [4.78, 5) is 0. The Morgan fingerprint density at radius 3 is 2.39 bits per heavy atom. The quantitative estimate of drug-likeness (QED) is 0.439. The van der Waals surface area contributed by atoms with Gasteiger partial charge in [0.05, 0.1) is 16.1 Å². The first-order valence-corrected chi connectivity index (χ1v) is 9.22. The van der Waals surface area contributed by atoms with E-state index in [9.17, 15) is 0 Å². The van der Waals surface area contributed by atoms with Crippen LogP contribution < -0.4 is 0 Å². The van der Waals surface area contributed by atoms with Crippen molar-refractivity contribution in [2.45, 2.75) is 56.2 Å². The van der Waals surface area contributed by atoms with E-state index < -0.39 is 0 Å². The number of rotatable bonds is 6. The molecule has 1 fully saturated rings. The molecule has 0 aromatic rings. The van der Waals surface area contributed by atoms with Crippen LogP contribution in [0.5, 0.6) is 0 Å². The Morgan fingerprint density at radius 2 is 1.89 bits per heavy atom. The molecule has 0 amide bonds. The molecule has 1 rings (SSSR count). The lowest BCUT2D eigenvalue weighted by atomic mass is 9.75. The second-order valence-electron chi connectivity index (χ2n) is 5.86. The van der Waals surface area contributed by atoms with Gasteiger partial charge in [0, 0.05) is 11.8 Å². The molecule has 0 saturated heterocycles. The second-order valence-corrected chi connectivity index (χ2v) is 8.08. The fourth-order valence-electron chi connectivity index (χ4n) is 2.81. The van der Waals surface area contributed by atoms with Crippen LogP contribution >= 0.6 is 45.8 Å². The van der Waals surface area contributed by atoms with Gasteiger partial charge in [0.1, 0.15) is 0 Å². The Hall–Kier alpha value is 1.27. The lowest BCUT2D eigenvalue weighted by molar-refractivity contribution is -0.0698. The van der Waals surface area contributed by atoms with Gasteiger partial charge in [-0.2, -0.15) is 0 Å². The van der Waals surface area contributed by atoms with Crippen molar-refractivity contribution >= 4 is 45.8 Å². The highest BCUT2D eigenvalue weighted by Gasteiger charge is 2.34. The number of ether oxygens (including phenoxy) is 1. The summed E-state index contributed by atoms with van der Waals surface area (Å²) in [5, 5.41) is 0. The number of hydrogen-bond acceptors (Lipinski definition) is 1. The van der Waals surface area contributed by atoms with Crippen molar-refractivity contribution in [2.24, 2.45) is 17.8 Å². The molecule has 18 heavy (non-hydrogen) atoms. The largest absolute Gasteiger partial charge is 0.372 e. The van der Waals surface area contributed by atoms with Crippen molar-refractivity contribution in [2.75, 3.05) is 11.8 Å². The minimum absolute atomic E-state index is 0.0846. The van der Waals surface area contributed by atoms with Crippen LogP contribution in [0.3, 0.4) is 0 Å². The molecule has 108 valence electrons. The summed E-state index contributed by atoms with van der Waals surface area (Å²) in [6, 6.07) is 0. The van der Waals surface area contributed by atoms with Gasteiger partial charge in [-0.25, -0.2) is 0 Å². The molecular formula is C14H25Cl2IO. The highest BCUT2D eigenvalue weighted by Crippen LogP contribution is 2.36. The van der Waals surface area contributed by atoms with Crippen LogP contribution in [0.1, 0.15) is 40.0 Å². The van der Waals surface area contributed by atoms with Crippen LogP contribution in [0.2, 0.25) is 0 Å². The first-order valence-electron chi connectivity index (χ1n) is 6.91. The lowest BCUT2D eigenvalue weighted by Crippen LogP contribution is -2.40. The average Bonchev–Trinajstić information content (AvgIpc) is 2.34. The van der Waals surface area contributed by atoms with Gasteiger partial charge >= 0.3 is 0 Å². The molecule has 1 aliphatic carbocycles. The SMILES string of the molecule is CC1CCC(C(C)C)C(OC(CCl)C(I)CCl)C1. The monoisotopic (exact) mass is 406 g/mol. The van der Waals surface area contributed by atoms with Gasteiger partial charge in [-0.15, -0.1) is 23.2 Å². The van der Waals surface area contributed by atoms with E-state index in [1.54, 1.807) is 0 Å². The first-order chi connectivity index (χ1) is 8.49. The van der Waals surface area contributed by atoms with Crippen LogP contribution in [0, 0.1) is 17.8 Å². The molecule has 1 aliphatic rings. The molecular weight excluding hydrogens is 382 g/mol. The summed E-state index contributed by atoms with van der Waals surface area (Å²) >= 11 is 14.3. The predicted molar refractivity (Wildman–Crippen MR) is 89.3 cm³/mol. The molecule has 0 N–H and O–H groups in total. The number of halogens is 3. The van der Waals surface area contributed by atoms with Crippen LogP contribution in [0.15, 0.2) is 0 Å². The molecule has 0 aromatic heterocycles. The molecule has 0 spiro atoms. The Morgan fingerprint density at radius 1 is 1.22 bits per heavy atom. The Kier molecular flexibility index (Phi) is 8.21. The Labute approximate surface area is 135 Å². The maximum absolute atomic E-state index is 6.31. The van der Waals surface area contributed by atoms with Crippen molar-refractivity contribution in [1.82, 2.24) is 0 Å². The molecule has 0 aromatic carbocycles. The standard InChI is InChI=1S/C14H25Cl2IO/c1-9(2)11-5-4-10(3)6-13(11)18-14(8-16)12(17)7-15/h9-14H,4-8H2,1-3H3. The zero-order valence-corrected chi connectivity index (χ0v) is 15.2. The Balaban J connectivity index is 2.64. The van der Waals surface area contributed by atoms with E-state index in [1.165, 1.54) is 19.3 Å². The van der Waals surface area contributed by atoms with E-state index in [-0.39, 0.29) is 6.10 Å². The summed E-state index contributed by atoms with van der Waals surface area (Å²) in [6.07, 6.45) is 4.23. The third-order valence-corrected chi connectivity index (χ3v) is 6.41. The zero-order chi connectivity index (χ0) is 13.7. The molecule has 1 nitrogen and oxygen atoms in total. The van der Waals surface area contributed by atoms with E-state index in [0.717, 1.165) is 5.92 Å². The minimum atomic E-state index is 0.0846. The first kappa shape index (κ1) is 17.3. The van der Waals surface area contributed by atoms with Crippen LogP contribution in [-0.2, 0) is 4.74 Å². The number of alkyl halides is 3. The maximum atomic E-state index is 6.31. The summed E-state index contributed by atoms with van der Waals surface area (Å²) in [5.41, 5.74) is 0. The van der Waals surface area contributed by atoms with Gasteiger partial charge in [0.25, 0.3) is 0 Å². The van der Waals surface area contributed by atoms with E-state index in [0.29, 0.717) is 33.6 Å². The third kappa shape index (κ3) is 4.99. The maximum Gasteiger partial charge on any atom is 0.0843 e. The fraction of sp³-hybridized carbons (Fsp3) is 1.00. The Bertz CT molecular complexity index is 238. The van der Waals surface area contributed by atoms with Gasteiger partial charge in [-0.05, 0) is 30.6 Å². The van der Waals surface area contributed by atoms with Crippen molar-refractivity contribution in [3.05, 3.63) is 0 Å². The van der Waals surface area contributed by atoms with Gasteiger partial charge in [0.15, 0.2) is 0 Å². The normalized spacial score (nSPS) is 32.5. The molecule has 0 radical (unpaired) electrons. The van der Waals surface area contributed by atoms with Gasteiger partial charge in [-0.3, -0.25) is 0 Å². The van der Waals surface area contributed by atoms with Gasteiger partial charge in [-0.1, -0.05) is 49.8 Å². The average molecular weight is 407 g/mol. The van der Waals surface area contributed by atoms with Gasteiger partial charge in [0.2, 0.25) is 0 Å². The van der Waals surface area contributed by atoms with Crippen LogP contribution in [0.25, 0.3) is 0 Å². The van der Waals surface area contributed by atoms with E-state index in [1.807, 2.05) is 0 Å². The van der Waals surface area contributed by atoms with Crippen molar-refractivity contribution in [3.8, 4) is 0 Å². The van der Waals surface area contributed by atoms with Crippen LogP contribution in [-0.4, -0.2) is 27.9 Å². The lowest BCUT2D eigenvalue weighted by Gasteiger charge is -2.39. The smallest absolute Gasteiger partial charge is 0.0843 e. The highest BCUT2D eigenvalue weighted by molar-refractivity contribution is 14.1. The topological polar surface area (TPSA) is 9.23 Å². The van der Waals surface area contributed by atoms with E-state index >= 15 is 0 Å². The van der Waals surface area contributed by atoms with Gasteiger partial charge < -0.3 is 4.74 Å². The predicted octanol–water partition coefficient (Wildman–Crippen LogP) is 5.11. The van der Waals surface area contributed by atoms with Crippen LogP contribution in [0.4, 0.5) is 0 Å². The second kappa shape index (κ2) is 8.53. The van der Waals surface area contributed by atoms with E-state index in [4.69, 9.17) is 27.9 Å². The van der Waals surface area contributed by atoms with E-state index in [2.05, 4.69) is 43.4 Å². The van der Waals surface area contributed by atoms with Crippen molar-refractivity contribution < 1.29 is 4.74 Å². The molecule has 1 saturated carbocycles. The highest BCUT2D eigenvalue weighted by atomic mass is 127. The molecule has 5 atom stereocenters. The zero-order valence-electron chi connectivity index (χ0n) is 11.5. The molecule has 0 bridgehead atoms. The van der Waals surface area contributed by atoms with Crippen molar-refractivity contribution in [1.29, 1.82) is 0 Å². The summed E-state index contributed by atoms with van der Waals surface area (Å²) in [5.74, 6) is 3.26. The fourth-order valence-corrected chi connectivity index (χ4v) is 4.02. The third-order valence-electron chi connectivity index (χ3n) is 4.01. The minimum Gasteiger partial charge on any atom is -0.372 e. The summed E-state index contributed by atoms with van der Waals surface area (Å²) in [6.45, 7) is 6.93.